The van der Waals surface area contributed by atoms with E-state index in [-0.39, 0.29) is 11.6 Å². The third-order valence-corrected chi connectivity index (χ3v) is 2.56. The van der Waals surface area contributed by atoms with Crippen LogP contribution in [0.2, 0.25) is 0 Å². The Morgan fingerprint density at radius 2 is 2.33 bits per heavy atom. The van der Waals surface area contributed by atoms with E-state index in [0.29, 0.717) is 5.69 Å². The van der Waals surface area contributed by atoms with Crippen molar-refractivity contribution in [3.8, 4) is 0 Å². The van der Waals surface area contributed by atoms with Gasteiger partial charge in [0.05, 0.1) is 23.6 Å². The van der Waals surface area contributed by atoms with Crippen LogP contribution in [0, 0.1) is 0 Å². The van der Waals surface area contributed by atoms with Crippen LogP contribution < -0.4 is 5.32 Å². The number of rotatable bonds is 2. The molecule has 1 amide bonds. The summed E-state index contributed by atoms with van der Waals surface area (Å²) >= 11 is 0. The molecule has 0 aliphatic heterocycles. The van der Waals surface area contributed by atoms with Crippen LogP contribution in [0.3, 0.4) is 0 Å². The Labute approximate surface area is 102 Å². The lowest BCUT2D eigenvalue weighted by molar-refractivity contribution is 0.102. The molecule has 18 heavy (non-hydrogen) atoms. The first-order valence-electron chi connectivity index (χ1n) is 5.34. The van der Waals surface area contributed by atoms with Gasteiger partial charge in [-0.1, -0.05) is 17.3 Å². The number of anilines is 1. The van der Waals surface area contributed by atoms with Crippen LogP contribution in [0.4, 0.5) is 5.69 Å². The molecule has 0 fully saturated rings. The lowest BCUT2D eigenvalue weighted by Crippen LogP contribution is -2.12. The van der Waals surface area contributed by atoms with Crippen molar-refractivity contribution < 1.29 is 4.79 Å². The minimum absolute atomic E-state index is 0.272. The topological polar surface area (TPSA) is 88.5 Å². The molecule has 0 radical (unpaired) electrons. The predicted octanol–water partition coefficient (Wildman–Crippen LogP) is 0.944. The molecule has 0 saturated carbocycles. The number of para-hydroxylation sites is 1. The van der Waals surface area contributed by atoms with Crippen LogP contribution in [-0.2, 0) is 7.05 Å². The number of hydrogen-bond donors (Lipinski definition) is 2. The average Bonchev–Trinajstić information content (AvgIpc) is 2.97. The highest BCUT2D eigenvalue weighted by atomic mass is 16.2. The molecule has 0 unspecified atom stereocenters. The Morgan fingerprint density at radius 3 is 3.11 bits per heavy atom. The van der Waals surface area contributed by atoms with E-state index in [1.807, 2.05) is 12.1 Å². The normalized spacial score (nSPS) is 10.7. The molecule has 0 spiro atoms. The minimum Gasteiger partial charge on any atom is -0.319 e. The molecule has 2 N–H and O–H groups in total. The van der Waals surface area contributed by atoms with Crippen LogP contribution in [-0.4, -0.2) is 31.1 Å². The number of benzene rings is 1. The SMILES string of the molecule is Cn1cc(C(=O)Nc2cccc3cn[nH]c23)nn1. The van der Waals surface area contributed by atoms with Gasteiger partial charge in [-0.15, -0.1) is 5.10 Å². The van der Waals surface area contributed by atoms with Crippen LogP contribution >= 0.6 is 0 Å². The van der Waals surface area contributed by atoms with Crippen LogP contribution in [0.1, 0.15) is 10.5 Å². The maximum absolute atomic E-state index is 11.9. The molecular formula is C11H10N6O. The highest BCUT2D eigenvalue weighted by molar-refractivity contribution is 6.07. The number of carbonyl (C=O) groups is 1. The number of carbonyl (C=O) groups excluding carboxylic acids is 1. The lowest BCUT2D eigenvalue weighted by Gasteiger charge is -2.03. The molecule has 7 nitrogen and oxygen atoms in total. The zero-order chi connectivity index (χ0) is 12.5. The number of aromatic amines is 1. The number of nitrogens with zero attached hydrogens (tertiary/aromatic N) is 4. The Bertz CT molecular complexity index is 713. The van der Waals surface area contributed by atoms with Crippen molar-refractivity contribution in [1.29, 1.82) is 0 Å². The summed E-state index contributed by atoms with van der Waals surface area (Å²) in [7, 11) is 1.71. The fourth-order valence-corrected chi connectivity index (χ4v) is 1.71. The molecule has 2 heterocycles. The summed E-state index contributed by atoms with van der Waals surface area (Å²) in [6.45, 7) is 0. The summed E-state index contributed by atoms with van der Waals surface area (Å²) in [6.07, 6.45) is 3.26. The average molecular weight is 242 g/mol. The van der Waals surface area contributed by atoms with Crippen molar-refractivity contribution in [2.75, 3.05) is 5.32 Å². The number of aryl methyl sites for hydroxylation is 1. The number of fused-ring (bicyclic) bond motifs is 1. The van der Waals surface area contributed by atoms with Gasteiger partial charge in [0.25, 0.3) is 5.91 Å². The second kappa shape index (κ2) is 3.95. The first-order valence-corrected chi connectivity index (χ1v) is 5.34. The first kappa shape index (κ1) is 10.5. The van der Waals surface area contributed by atoms with Crippen LogP contribution in [0.25, 0.3) is 10.9 Å². The molecule has 7 heteroatoms. The molecule has 0 saturated heterocycles. The molecule has 0 aliphatic carbocycles. The van der Waals surface area contributed by atoms with Crippen molar-refractivity contribution in [2.24, 2.45) is 7.05 Å². The molecule has 0 bridgehead atoms. The number of aromatic nitrogens is 5. The smallest absolute Gasteiger partial charge is 0.277 e. The summed E-state index contributed by atoms with van der Waals surface area (Å²) < 4.78 is 1.48. The van der Waals surface area contributed by atoms with Crippen LogP contribution in [0.5, 0.6) is 0 Å². The highest BCUT2D eigenvalue weighted by Crippen LogP contribution is 2.20. The summed E-state index contributed by atoms with van der Waals surface area (Å²) in [4.78, 5) is 11.9. The molecule has 1 aromatic carbocycles. The quantitative estimate of drug-likeness (QED) is 0.700. The Morgan fingerprint density at radius 1 is 1.44 bits per heavy atom. The van der Waals surface area contributed by atoms with Crippen molar-refractivity contribution in [1.82, 2.24) is 25.2 Å². The fourth-order valence-electron chi connectivity index (χ4n) is 1.71. The summed E-state index contributed by atoms with van der Waals surface area (Å²) in [5.41, 5.74) is 1.73. The van der Waals surface area contributed by atoms with Crippen molar-refractivity contribution in [3.63, 3.8) is 0 Å². The standard InChI is InChI=1S/C11H10N6O/c1-17-6-9(14-16-17)11(18)13-8-4-2-3-7-5-12-15-10(7)8/h2-6H,1H3,(H,12,15)(H,13,18). The van der Waals surface area contributed by atoms with Crippen molar-refractivity contribution >= 4 is 22.5 Å². The second-order valence-electron chi connectivity index (χ2n) is 3.87. The van der Waals surface area contributed by atoms with Gasteiger partial charge in [-0.3, -0.25) is 14.6 Å². The molecule has 0 aliphatic rings. The van der Waals surface area contributed by atoms with E-state index < -0.39 is 0 Å². The van der Waals surface area contributed by atoms with E-state index in [1.54, 1.807) is 25.5 Å². The Balaban J connectivity index is 1.92. The molecular weight excluding hydrogens is 232 g/mol. The Kier molecular flexibility index (Phi) is 2.30. The van der Waals surface area contributed by atoms with Gasteiger partial charge in [-0.25, -0.2) is 0 Å². The predicted molar refractivity (Wildman–Crippen MR) is 65.0 cm³/mol. The molecule has 90 valence electrons. The third-order valence-electron chi connectivity index (χ3n) is 2.56. The van der Waals surface area contributed by atoms with E-state index in [2.05, 4.69) is 25.8 Å². The molecule has 3 aromatic rings. The van der Waals surface area contributed by atoms with Gasteiger partial charge in [-0.2, -0.15) is 5.10 Å². The van der Waals surface area contributed by atoms with Gasteiger partial charge in [-0.05, 0) is 6.07 Å². The van der Waals surface area contributed by atoms with Crippen molar-refractivity contribution in [2.45, 2.75) is 0 Å². The molecule has 0 atom stereocenters. The third kappa shape index (κ3) is 1.71. The van der Waals surface area contributed by atoms with Gasteiger partial charge in [0.2, 0.25) is 0 Å². The van der Waals surface area contributed by atoms with Gasteiger partial charge in [0.1, 0.15) is 0 Å². The van der Waals surface area contributed by atoms with Crippen molar-refractivity contribution in [3.05, 3.63) is 36.3 Å². The summed E-state index contributed by atoms with van der Waals surface area (Å²) in [5.74, 6) is -0.301. The second-order valence-corrected chi connectivity index (χ2v) is 3.87. The van der Waals surface area contributed by atoms with Crippen LogP contribution in [0.15, 0.2) is 30.6 Å². The van der Waals surface area contributed by atoms with Gasteiger partial charge < -0.3 is 5.32 Å². The zero-order valence-electron chi connectivity index (χ0n) is 9.58. The van der Waals surface area contributed by atoms with Gasteiger partial charge in [0.15, 0.2) is 5.69 Å². The number of amides is 1. The minimum atomic E-state index is -0.301. The highest BCUT2D eigenvalue weighted by Gasteiger charge is 2.12. The number of nitrogens with one attached hydrogen (secondary N) is 2. The van der Waals surface area contributed by atoms with Gasteiger partial charge in [0, 0.05) is 12.4 Å². The van der Waals surface area contributed by atoms with Gasteiger partial charge >= 0.3 is 0 Å². The fraction of sp³-hybridized carbons (Fsp3) is 0.0909. The largest absolute Gasteiger partial charge is 0.319 e. The van der Waals surface area contributed by atoms with E-state index in [9.17, 15) is 4.79 Å². The summed E-state index contributed by atoms with van der Waals surface area (Å²) in [5, 5.41) is 18.0. The molecule has 2 aromatic heterocycles. The maximum Gasteiger partial charge on any atom is 0.277 e. The molecule has 3 rings (SSSR count). The first-order chi connectivity index (χ1) is 8.74. The zero-order valence-corrected chi connectivity index (χ0v) is 9.58. The lowest BCUT2D eigenvalue weighted by atomic mass is 10.2. The van der Waals surface area contributed by atoms with E-state index in [1.165, 1.54) is 4.68 Å². The monoisotopic (exact) mass is 242 g/mol. The van der Waals surface area contributed by atoms with E-state index in [0.717, 1.165) is 10.9 Å². The van der Waals surface area contributed by atoms with E-state index >= 15 is 0 Å². The Hall–Kier alpha value is -2.70. The van der Waals surface area contributed by atoms with E-state index in [4.69, 9.17) is 0 Å². The maximum atomic E-state index is 11.9. The summed E-state index contributed by atoms with van der Waals surface area (Å²) in [6, 6.07) is 5.57. The number of H-pyrrole nitrogens is 1. The number of hydrogen-bond acceptors (Lipinski definition) is 4.